The minimum atomic E-state index is -0.454. The lowest BCUT2D eigenvalue weighted by Crippen LogP contribution is -2.36. The second-order valence-electron chi connectivity index (χ2n) is 7.66. The zero-order valence-corrected chi connectivity index (χ0v) is 20.8. The Morgan fingerprint density at radius 3 is 2.71 bits per heavy atom. The van der Waals surface area contributed by atoms with Crippen LogP contribution in [0.5, 0.6) is 11.5 Å². The van der Waals surface area contributed by atoms with Crippen LogP contribution >= 0.6 is 23.1 Å². The number of aromatic nitrogens is 1. The topological polar surface area (TPSA) is 66.0 Å². The third-order valence-corrected chi connectivity index (χ3v) is 7.56. The average Bonchev–Trinajstić information content (AvgIpc) is 3.34. The summed E-state index contributed by atoms with van der Waals surface area (Å²) in [5, 5.41) is 20.7. The number of fused-ring (bicyclic) bond motifs is 2. The maximum atomic E-state index is 13.4. The number of rotatable bonds is 10. The lowest BCUT2D eigenvalue weighted by molar-refractivity contribution is -0.670. The second-order valence-corrected chi connectivity index (χ2v) is 9.79. The van der Waals surface area contributed by atoms with Gasteiger partial charge in [0.25, 0.3) is 5.01 Å². The maximum Gasteiger partial charge on any atom is 0.263 e. The molecule has 34 heavy (non-hydrogen) atoms. The lowest BCUT2D eigenvalue weighted by Gasteiger charge is -2.19. The third kappa shape index (κ3) is 5.22. The molecule has 6 nitrogen and oxygen atoms in total. The molecule has 2 aromatic carbocycles. The average molecular weight is 504 g/mol. The highest BCUT2D eigenvalue weighted by Crippen LogP contribution is 2.47. The van der Waals surface area contributed by atoms with Gasteiger partial charge in [-0.25, -0.2) is 4.39 Å². The molecule has 9 heteroatoms. The zero-order chi connectivity index (χ0) is 24.1. The SMILES string of the molecule is COc1ccc2c(c1)N(CCF)/C(=C/C(C)=C/c1sc3ccc(OCCO)cc3[n+]1CCO)S2. The number of nitrogens with zero attached hydrogens (tertiary/aromatic N) is 2. The fraction of sp³-hybridized carbons (Fsp3) is 0.320. The number of aliphatic hydroxyl groups excluding tert-OH is 2. The first-order valence-corrected chi connectivity index (χ1v) is 12.6. The largest absolute Gasteiger partial charge is 0.497 e. The highest BCUT2D eigenvalue weighted by Gasteiger charge is 2.26. The molecule has 0 aliphatic carbocycles. The van der Waals surface area contributed by atoms with Crippen LogP contribution in [0.3, 0.4) is 0 Å². The molecule has 1 aliphatic rings. The molecule has 3 aromatic rings. The summed E-state index contributed by atoms with van der Waals surface area (Å²) >= 11 is 3.25. The maximum absolute atomic E-state index is 13.4. The van der Waals surface area contributed by atoms with E-state index >= 15 is 0 Å². The Hall–Kier alpha value is -2.59. The lowest BCUT2D eigenvalue weighted by atomic mass is 10.2. The molecule has 0 unspecified atom stereocenters. The normalized spacial score (nSPS) is 14.8. The number of benzene rings is 2. The summed E-state index contributed by atoms with van der Waals surface area (Å²) in [6.45, 7) is 2.49. The van der Waals surface area contributed by atoms with Gasteiger partial charge in [-0.1, -0.05) is 23.1 Å². The number of ether oxygens (including phenoxy) is 2. The summed E-state index contributed by atoms with van der Waals surface area (Å²) in [6.07, 6.45) is 4.15. The van der Waals surface area contributed by atoms with Gasteiger partial charge in [-0.2, -0.15) is 4.57 Å². The predicted molar refractivity (Wildman–Crippen MR) is 136 cm³/mol. The molecule has 0 radical (unpaired) electrons. The minimum absolute atomic E-state index is 0.0104. The van der Waals surface area contributed by atoms with Crippen molar-refractivity contribution in [2.45, 2.75) is 18.4 Å². The summed E-state index contributed by atoms with van der Waals surface area (Å²) in [7, 11) is 1.63. The van der Waals surface area contributed by atoms with Gasteiger partial charge in [0.05, 0.1) is 37.0 Å². The van der Waals surface area contributed by atoms with E-state index in [2.05, 4.69) is 16.7 Å². The Balaban J connectivity index is 1.68. The van der Waals surface area contributed by atoms with Crippen molar-refractivity contribution in [3.63, 3.8) is 0 Å². The van der Waals surface area contributed by atoms with Crippen molar-refractivity contribution in [2.24, 2.45) is 0 Å². The molecule has 4 rings (SSSR count). The number of alkyl halides is 1. The first-order valence-electron chi connectivity index (χ1n) is 11.0. The van der Waals surface area contributed by atoms with E-state index in [1.807, 2.05) is 48.2 Å². The number of halogens is 1. The van der Waals surface area contributed by atoms with E-state index in [1.54, 1.807) is 30.2 Å². The Bertz CT molecular complexity index is 1230. The fourth-order valence-electron chi connectivity index (χ4n) is 3.83. The molecule has 0 spiro atoms. The van der Waals surface area contributed by atoms with Crippen LogP contribution < -0.4 is 18.9 Å². The number of allylic oxidation sites excluding steroid dienone is 2. The van der Waals surface area contributed by atoms with Crippen molar-refractivity contribution < 1.29 is 28.6 Å². The molecule has 0 amide bonds. The quantitative estimate of drug-likeness (QED) is 0.400. The number of aliphatic hydroxyl groups is 2. The number of hydrogen-bond acceptors (Lipinski definition) is 7. The summed E-state index contributed by atoms with van der Waals surface area (Å²) in [5.74, 6) is 1.42. The zero-order valence-electron chi connectivity index (χ0n) is 19.2. The van der Waals surface area contributed by atoms with E-state index in [9.17, 15) is 9.50 Å². The van der Waals surface area contributed by atoms with Gasteiger partial charge >= 0.3 is 0 Å². The molecule has 0 bridgehead atoms. The molecule has 1 aliphatic heterocycles. The van der Waals surface area contributed by atoms with Crippen LogP contribution in [-0.2, 0) is 6.54 Å². The van der Waals surface area contributed by atoms with Crippen molar-refractivity contribution in [3.05, 3.63) is 58.1 Å². The highest BCUT2D eigenvalue weighted by atomic mass is 32.2. The van der Waals surface area contributed by atoms with Gasteiger partial charge in [-0.3, -0.25) is 0 Å². The van der Waals surface area contributed by atoms with Crippen molar-refractivity contribution in [3.8, 4) is 11.5 Å². The molecule has 2 heterocycles. The molecule has 0 saturated heterocycles. The van der Waals surface area contributed by atoms with Gasteiger partial charge in [0.15, 0.2) is 6.54 Å². The predicted octanol–water partition coefficient (Wildman–Crippen LogP) is 4.39. The van der Waals surface area contributed by atoms with Gasteiger partial charge in [-0.05, 0) is 42.8 Å². The van der Waals surface area contributed by atoms with E-state index < -0.39 is 6.67 Å². The first kappa shape index (κ1) is 24.5. The minimum Gasteiger partial charge on any atom is -0.497 e. The first-order chi connectivity index (χ1) is 16.6. The highest BCUT2D eigenvalue weighted by molar-refractivity contribution is 8.03. The molecule has 0 atom stereocenters. The van der Waals surface area contributed by atoms with E-state index in [1.165, 1.54) is 0 Å². The molecule has 0 saturated carbocycles. The van der Waals surface area contributed by atoms with Gasteiger partial charge in [0, 0.05) is 17.0 Å². The van der Waals surface area contributed by atoms with E-state index in [4.69, 9.17) is 14.6 Å². The van der Waals surface area contributed by atoms with Crippen molar-refractivity contribution in [2.75, 3.05) is 45.0 Å². The summed E-state index contributed by atoms with van der Waals surface area (Å²) in [5.41, 5.74) is 2.93. The summed E-state index contributed by atoms with van der Waals surface area (Å²) in [4.78, 5) is 3.05. The summed E-state index contributed by atoms with van der Waals surface area (Å²) < 4.78 is 27.4. The van der Waals surface area contributed by atoms with Gasteiger partial charge in [0.2, 0.25) is 5.52 Å². The van der Waals surface area contributed by atoms with Crippen LogP contribution in [0.1, 0.15) is 11.9 Å². The second kappa shape index (κ2) is 11.2. The number of thioether (sulfide) groups is 1. The molecule has 2 N–H and O–H groups in total. The molecular weight excluding hydrogens is 475 g/mol. The van der Waals surface area contributed by atoms with Gasteiger partial charge < -0.3 is 24.6 Å². The number of thiazole rings is 1. The van der Waals surface area contributed by atoms with Crippen molar-refractivity contribution in [1.82, 2.24) is 0 Å². The van der Waals surface area contributed by atoms with Crippen LogP contribution in [0.2, 0.25) is 0 Å². The number of anilines is 1. The summed E-state index contributed by atoms with van der Waals surface area (Å²) in [6, 6.07) is 11.7. The Morgan fingerprint density at radius 2 is 1.97 bits per heavy atom. The van der Waals surface area contributed by atoms with Crippen LogP contribution in [0.25, 0.3) is 16.3 Å². The van der Waals surface area contributed by atoms with Gasteiger partial charge in [-0.15, -0.1) is 0 Å². The van der Waals surface area contributed by atoms with Crippen LogP contribution in [-0.4, -0.2) is 50.4 Å². The van der Waals surface area contributed by atoms with Crippen LogP contribution in [0.15, 0.2) is 58.0 Å². The van der Waals surface area contributed by atoms with Gasteiger partial charge in [0.1, 0.15) is 36.1 Å². The molecular formula is C25H28FN2O4S2+. The standard InChI is InChI=1S/C25H28FN2O4S2/c1-17(13-24-27(8-7-26)20-15-18(31-2)3-5-22(20)33-24)14-25-28(9-10-29)21-16-19(32-12-11-30)4-6-23(21)34-25/h3-6,13-16,29-30H,7-12H2,1-2H3/q+1. The third-order valence-electron chi connectivity index (χ3n) is 5.33. The van der Waals surface area contributed by atoms with Crippen molar-refractivity contribution >= 4 is 45.1 Å². The van der Waals surface area contributed by atoms with Crippen LogP contribution in [0.4, 0.5) is 10.1 Å². The molecule has 0 fully saturated rings. The monoisotopic (exact) mass is 503 g/mol. The molecule has 180 valence electrons. The fourth-order valence-corrected chi connectivity index (χ4v) is 6.19. The Morgan fingerprint density at radius 1 is 1.15 bits per heavy atom. The molecule has 1 aromatic heterocycles. The van der Waals surface area contributed by atoms with Crippen molar-refractivity contribution in [1.29, 1.82) is 0 Å². The Labute approximate surface area is 206 Å². The van der Waals surface area contributed by atoms with Crippen LogP contribution in [0, 0.1) is 0 Å². The smallest absolute Gasteiger partial charge is 0.263 e. The Kier molecular flexibility index (Phi) is 8.10. The number of hydrogen-bond donors (Lipinski definition) is 2. The van der Waals surface area contributed by atoms with E-state index in [0.717, 1.165) is 42.2 Å². The van der Waals surface area contributed by atoms with E-state index in [0.29, 0.717) is 12.3 Å². The van der Waals surface area contributed by atoms with E-state index in [-0.39, 0.29) is 26.4 Å². The number of methoxy groups -OCH3 is 1.